The van der Waals surface area contributed by atoms with Crippen LogP contribution in [0.2, 0.25) is 0 Å². The lowest BCUT2D eigenvalue weighted by Gasteiger charge is -2.29. The molecule has 9 heteroatoms. The number of carbonyl (C=O) groups is 3. The molecule has 180 valence electrons. The molecule has 4 rings (SSSR count). The number of fused-ring (bicyclic) bond motifs is 2. The highest BCUT2D eigenvalue weighted by Gasteiger charge is 2.47. The molecular weight excluding hydrogens is 436 g/mol. The Morgan fingerprint density at radius 3 is 2.56 bits per heavy atom. The number of ether oxygens (including phenoxy) is 2. The summed E-state index contributed by atoms with van der Waals surface area (Å²) >= 11 is 0. The van der Waals surface area contributed by atoms with E-state index in [1.807, 2.05) is 30.3 Å². The van der Waals surface area contributed by atoms with Crippen LogP contribution in [0.4, 0.5) is 4.79 Å². The first-order valence-corrected chi connectivity index (χ1v) is 11.5. The molecule has 1 N–H and O–H groups in total. The second-order valence-electron chi connectivity index (χ2n) is 8.50. The lowest BCUT2D eigenvalue weighted by molar-refractivity contribution is -0.128. The zero-order valence-electron chi connectivity index (χ0n) is 19.6. The number of pyridine rings is 1. The molecule has 0 radical (unpaired) electrons. The molecule has 3 heterocycles. The summed E-state index contributed by atoms with van der Waals surface area (Å²) in [5, 5.41) is 2.86. The highest BCUT2D eigenvalue weighted by molar-refractivity contribution is 6.04. The van der Waals surface area contributed by atoms with Crippen LogP contribution < -0.4 is 14.8 Å². The topological polar surface area (TPSA) is 101 Å². The Labute approximate surface area is 199 Å². The SMILES string of the molecule is COc1cc2c(cc1OC)CN1C(=O)N(CCCCCC(=O)NCc3ccccn3)C(=O)[C@H]1C2. The van der Waals surface area contributed by atoms with E-state index in [4.69, 9.17) is 9.47 Å². The average Bonchev–Trinajstić information content (AvgIpc) is 3.09. The van der Waals surface area contributed by atoms with Gasteiger partial charge in [-0.25, -0.2) is 4.79 Å². The molecule has 1 fully saturated rings. The number of methoxy groups -OCH3 is 2. The van der Waals surface area contributed by atoms with Crippen LogP contribution >= 0.6 is 0 Å². The van der Waals surface area contributed by atoms with Crippen LogP contribution in [0.15, 0.2) is 36.5 Å². The summed E-state index contributed by atoms with van der Waals surface area (Å²) in [4.78, 5) is 45.1. The number of rotatable bonds is 10. The number of hydrogen-bond acceptors (Lipinski definition) is 6. The third kappa shape index (κ3) is 4.98. The van der Waals surface area contributed by atoms with Crippen molar-refractivity contribution in [3.8, 4) is 11.5 Å². The zero-order valence-corrected chi connectivity index (χ0v) is 19.6. The lowest BCUT2D eigenvalue weighted by Crippen LogP contribution is -2.40. The van der Waals surface area contributed by atoms with E-state index >= 15 is 0 Å². The number of nitrogens with one attached hydrogen (secondary N) is 1. The molecule has 0 unspecified atom stereocenters. The summed E-state index contributed by atoms with van der Waals surface area (Å²) < 4.78 is 10.8. The highest BCUT2D eigenvalue weighted by atomic mass is 16.5. The van der Waals surface area contributed by atoms with Crippen LogP contribution in [-0.4, -0.2) is 59.4 Å². The number of carbonyl (C=O) groups excluding carboxylic acids is 3. The minimum atomic E-state index is -0.476. The molecule has 1 aromatic carbocycles. The molecule has 0 saturated carbocycles. The van der Waals surface area contributed by atoms with E-state index in [1.165, 1.54) is 4.90 Å². The van der Waals surface area contributed by atoms with Crippen LogP contribution in [0.1, 0.15) is 42.5 Å². The van der Waals surface area contributed by atoms with Gasteiger partial charge in [0.25, 0.3) is 5.91 Å². The van der Waals surface area contributed by atoms with E-state index in [9.17, 15) is 14.4 Å². The van der Waals surface area contributed by atoms with Gasteiger partial charge in [-0.1, -0.05) is 12.5 Å². The Balaban J connectivity index is 1.24. The minimum Gasteiger partial charge on any atom is -0.493 e. The monoisotopic (exact) mass is 466 g/mol. The quantitative estimate of drug-likeness (QED) is 0.427. The molecule has 1 aromatic heterocycles. The summed E-state index contributed by atoms with van der Waals surface area (Å²) in [6.45, 7) is 1.15. The Kier molecular flexibility index (Phi) is 7.30. The number of nitrogens with zero attached hydrogens (tertiary/aromatic N) is 3. The second kappa shape index (κ2) is 10.5. The van der Waals surface area contributed by atoms with Gasteiger partial charge in [-0.3, -0.25) is 19.5 Å². The number of urea groups is 1. The summed E-state index contributed by atoms with van der Waals surface area (Å²) in [6, 6.07) is 8.63. The van der Waals surface area contributed by atoms with E-state index in [1.54, 1.807) is 25.3 Å². The van der Waals surface area contributed by atoms with Crippen molar-refractivity contribution < 1.29 is 23.9 Å². The molecule has 1 atom stereocenters. The second-order valence-corrected chi connectivity index (χ2v) is 8.50. The number of benzene rings is 1. The molecule has 1 saturated heterocycles. The lowest BCUT2D eigenvalue weighted by atomic mass is 9.94. The average molecular weight is 467 g/mol. The number of unbranched alkanes of at least 4 members (excludes halogenated alkanes) is 2. The third-order valence-corrected chi connectivity index (χ3v) is 6.34. The maximum absolute atomic E-state index is 13.0. The van der Waals surface area contributed by atoms with Crippen molar-refractivity contribution in [2.75, 3.05) is 20.8 Å². The maximum Gasteiger partial charge on any atom is 0.327 e. The van der Waals surface area contributed by atoms with Crippen molar-refractivity contribution in [3.63, 3.8) is 0 Å². The van der Waals surface area contributed by atoms with Gasteiger partial charge in [-0.2, -0.15) is 0 Å². The normalized spacial score (nSPS) is 16.8. The highest BCUT2D eigenvalue weighted by Crippen LogP contribution is 2.37. The summed E-state index contributed by atoms with van der Waals surface area (Å²) in [7, 11) is 3.15. The number of hydrogen-bond donors (Lipinski definition) is 1. The fraction of sp³-hybridized carbons (Fsp3) is 0.440. The summed E-state index contributed by atoms with van der Waals surface area (Å²) in [5.41, 5.74) is 2.78. The molecule has 9 nitrogen and oxygen atoms in total. The van der Waals surface area contributed by atoms with Gasteiger partial charge in [-0.05, 0) is 48.2 Å². The fourth-order valence-corrected chi connectivity index (χ4v) is 4.48. The third-order valence-electron chi connectivity index (χ3n) is 6.34. The smallest absolute Gasteiger partial charge is 0.327 e. The van der Waals surface area contributed by atoms with Gasteiger partial charge in [0.15, 0.2) is 11.5 Å². The Morgan fingerprint density at radius 2 is 1.85 bits per heavy atom. The van der Waals surface area contributed by atoms with Crippen molar-refractivity contribution in [2.24, 2.45) is 0 Å². The van der Waals surface area contributed by atoms with Crippen LogP contribution in [0.25, 0.3) is 0 Å². The number of aromatic nitrogens is 1. The maximum atomic E-state index is 13.0. The number of amides is 4. The Hall–Kier alpha value is -3.62. The van der Waals surface area contributed by atoms with E-state index in [0.717, 1.165) is 23.2 Å². The van der Waals surface area contributed by atoms with Crippen LogP contribution in [0, 0.1) is 0 Å². The van der Waals surface area contributed by atoms with Crippen LogP contribution in [0.5, 0.6) is 11.5 Å². The van der Waals surface area contributed by atoms with Gasteiger partial charge in [0.2, 0.25) is 5.91 Å². The standard InChI is InChI=1S/C25H30N4O5/c1-33-21-13-17-12-20-24(31)28(25(32)29(20)16-18(17)14-22(21)34-2)11-7-3-4-9-23(30)27-15-19-8-5-6-10-26-19/h5-6,8,10,13-14,20H,3-4,7,9,11-12,15-16H2,1-2H3,(H,27,30)/t20-/m1/s1. The fourth-order valence-electron chi connectivity index (χ4n) is 4.48. The Bertz CT molecular complexity index is 1010. The van der Waals surface area contributed by atoms with E-state index in [0.29, 0.717) is 56.8 Å². The first-order valence-electron chi connectivity index (χ1n) is 11.5. The molecule has 0 aliphatic carbocycles. The summed E-state index contributed by atoms with van der Waals surface area (Å²) in [6.07, 6.45) is 4.69. The largest absolute Gasteiger partial charge is 0.493 e. The molecule has 0 bridgehead atoms. The summed E-state index contributed by atoms with van der Waals surface area (Å²) in [5.74, 6) is 1.05. The molecule has 0 spiro atoms. The van der Waals surface area contributed by atoms with Gasteiger partial charge in [-0.15, -0.1) is 0 Å². The molecule has 2 aliphatic heterocycles. The zero-order chi connectivity index (χ0) is 24.1. The predicted octanol–water partition coefficient (Wildman–Crippen LogP) is 2.66. The molecule has 34 heavy (non-hydrogen) atoms. The van der Waals surface area contributed by atoms with Crippen molar-refractivity contribution in [1.29, 1.82) is 0 Å². The van der Waals surface area contributed by atoms with Crippen molar-refractivity contribution in [1.82, 2.24) is 20.1 Å². The van der Waals surface area contributed by atoms with Crippen LogP contribution in [-0.2, 0) is 29.1 Å². The first-order chi connectivity index (χ1) is 16.5. The molecule has 2 aromatic rings. The van der Waals surface area contributed by atoms with E-state index in [-0.39, 0.29) is 17.8 Å². The van der Waals surface area contributed by atoms with Gasteiger partial charge in [0.05, 0.1) is 26.5 Å². The minimum absolute atomic E-state index is 0.0280. The predicted molar refractivity (Wildman–Crippen MR) is 124 cm³/mol. The van der Waals surface area contributed by atoms with Crippen molar-refractivity contribution in [2.45, 2.75) is 51.2 Å². The van der Waals surface area contributed by atoms with Crippen molar-refractivity contribution >= 4 is 17.8 Å². The molecule has 4 amide bonds. The first kappa shape index (κ1) is 23.5. The van der Waals surface area contributed by atoms with Gasteiger partial charge >= 0.3 is 6.03 Å². The number of imide groups is 1. The van der Waals surface area contributed by atoms with Gasteiger partial charge in [0, 0.05) is 32.1 Å². The molecular formula is C25H30N4O5. The van der Waals surface area contributed by atoms with E-state index in [2.05, 4.69) is 10.3 Å². The van der Waals surface area contributed by atoms with E-state index < -0.39 is 6.04 Å². The molecule has 2 aliphatic rings. The van der Waals surface area contributed by atoms with Gasteiger partial charge < -0.3 is 19.7 Å². The Morgan fingerprint density at radius 1 is 1.09 bits per heavy atom. The van der Waals surface area contributed by atoms with Crippen LogP contribution in [0.3, 0.4) is 0 Å². The van der Waals surface area contributed by atoms with Crippen molar-refractivity contribution in [3.05, 3.63) is 53.3 Å². The van der Waals surface area contributed by atoms with Gasteiger partial charge in [0.1, 0.15) is 6.04 Å².